The van der Waals surface area contributed by atoms with Gasteiger partial charge in [0, 0.05) is 37.7 Å². The Kier molecular flexibility index (Phi) is 8.97. The molecule has 1 saturated carbocycles. The first kappa shape index (κ1) is 31.8. The number of aliphatic hydroxyl groups is 1. The van der Waals surface area contributed by atoms with Gasteiger partial charge in [-0.1, -0.05) is 31.0 Å². The molecule has 2 fully saturated rings. The Bertz CT molecular complexity index is 1370. The molecule has 238 valence electrons. The van der Waals surface area contributed by atoms with E-state index in [1.54, 1.807) is 12.1 Å². The van der Waals surface area contributed by atoms with Gasteiger partial charge in [-0.2, -0.15) is 26.3 Å². The molecule has 1 aliphatic carbocycles. The lowest BCUT2D eigenvalue weighted by atomic mass is 9.78. The zero-order valence-corrected chi connectivity index (χ0v) is 23.8. The molecule has 2 aromatic rings. The van der Waals surface area contributed by atoms with E-state index in [4.69, 9.17) is 0 Å². The van der Waals surface area contributed by atoms with E-state index in [2.05, 4.69) is 5.32 Å². The number of rotatable bonds is 6. The van der Waals surface area contributed by atoms with E-state index in [0.29, 0.717) is 37.8 Å². The van der Waals surface area contributed by atoms with Gasteiger partial charge in [0.05, 0.1) is 29.2 Å². The third-order valence-electron chi connectivity index (χ3n) is 8.76. The number of carbonyl (C=O) groups excluding carboxylic acids is 3. The van der Waals surface area contributed by atoms with E-state index in [-0.39, 0.29) is 55.2 Å². The van der Waals surface area contributed by atoms with Gasteiger partial charge in [0.2, 0.25) is 11.8 Å². The number of piperidine rings is 1. The average Bonchev–Trinajstić information content (AvgIpc) is 3.48. The predicted octanol–water partition coefficient (Wildman–Crippen LogP) is 5.44. The van der Waals surface area contributed by atoms with E-state index in [0.717, 1.165) is 17.7 Å². The van der Waals surface area contributed by atoms with Crippen molar-refractivity contribution in [1.82, 2.24) is 15.1 Å². The summed E-state index contributed by atoms with van der Waals surface area (Å²) in [6, 6.07) is 5.39. The number of nitrogens with one attached hydrogen (secondary N) is 1. The highest BCUT2D eigenvalue weighted by Crippen LogP contribution is 2.46. The minimum Gasteiger partial charge on any atom is -0.393 e. The van der Waals surface area contributed by atoms with Gasteiger partial charge in [-0.3, -0.25) is 14.4 Å². The SMILES string of the molecule is O=C(NC1CCCC1)C1c2ccccc2C(=O)N(CCC(=O)N2CCC(O)CC2)C1c1cc(C(F)(F)F)cc(C(F)(F)F)c1. The number of carbonyl (C=O) groups is 3. The minimum absolute atomic E-state index is 0.00828. The number of nitrogens with zero attached hydrogens (tertiary/aromatic N) is 2. The van der Waals surface area contributed by atoms with Gasteiger partial charge in [-0.25, -0.2) is 0 Å². The number of halogens is 6. The molecule has 0 bridgehead atoms. The van der Waals surface area contributed by atoms with Crippen LogP contribution in [0.15, 0.2) is 42.5 Å². The van der Waals surface area contributed by atoms with Gasteiger partial charge in [0.25, 0.3) is 5.91 Å². The lowest BCUT2D eigenvalue weighted by Crippen LogP contribution is -2.50. The van der Waals surface area contributed by atoms with Crippen LogP contribution in [0.1, 0.15) is 89.5 Å². The van der Waals surface area contributed by atoms with Crippen LogP contribution in [-0.2, 0) is 21.9 Å². The summed E-state index contributed by atoms with van der Waals surface area (Å²) in [5.41, 5.74) is -3.35. The first-order chi connectivity index (χ1) is 20.7. The van der Waals surface area contributed by atoms with Crippen LogP contribution in [0.3, 0.4) is 0 Å². The Balaban J connectivity index is 1.61. The van der Waals surface area contributed by atoms with Crippen molar-refractivity contribution in [1.29, 1.82) is 0 Å². The number of alkyl halides is 6. The smallest absolute Gasteiger partial charge is 0.393 e. The van der Waals surface area contributed by atoms with Crippen molar-refractivity contribution in [2.75, 3.05) is 19.6 Å². The van der Waals surface area contributed by atoms with E-state index in [9.17, 15) is 45.8 Å². The summed E-state index contributed by atoms with van der Waals surface area (Å²) in [4.78, 5) is 43.5. The van der Waals surface area contributed by atoms with Gasteiger partial charge < -0.3 is 20.2 Å². The van der Waals surface area contributed by atoms with Crippen molar-refractivity contribution >= 4 is 17.7 Å². The largest absolute Gasteiger partial charge is 0.416 e. The van der Waals surface area contributed by atoms with Crippen molar-refractivity contribution in [2.45, 2.75) is 81.4 Å². The van der Waals surface area contributed by atoms with Crippen LogP contribution in [0.4, 0.5) is 26.3 Å². The Morgan fingerprint density at radius 2 is 1.48 bits per heavy atom. The highest BCUT2D eigenvalue weighted by atomic mass is 19.4. The first-order valence-electron chi connectivity index (χ1n) is 14.7. The van der Waals surface area contributed by atoms with Crippen LogP contribution in [0.5, 0.6) is 0 Å². The Morgan fingerprint density at radius 1 is 0.886 bits per heavy atom. The second kappa shape index (κ2) is 12.4. The van der Waals surface area contributed by atoms with Crippen LogP contribution in [0.2, 0.25) is 0 Å². The van der Waals surface area contributed by atoms with E-state index < -0.39 is 58.9 Å². The maximum absolute atomic E-state index is 13.9. The molecule has 2 aromatic carbocycles. The third kappa shape index (κ3) is 6.72. The molecule has 0 spiro atoms. The molecule has 3 aliphatic rings. The Labute approximate surface area is 250 Å². The molecule has 2 N–H and O–H groups in total. The third-order valence-corrected chi connectivity index (χ3v) is 8.76. The quantitative estimate of drug-likeness (QED) is 0.419. The molecule has 1 saturated heterocycles. The fourth-order valence-electron chi connectivity index (χ4n) is 6.49. The maximum Gasteiger partial charge on any atom is 0.416 e. The second-order valence-corrected chi connectivity index (χ2v) is 11.7. The molecule has 44 heavy (non-hydrogen) atoms. The first-order valence-corrected chi connectivity index (χ1v) is 14.7. The number of amides is 3. The van der Waals surface area contributed by atoms with E-state index in [1.807, 2.05) is 0 Å². The summed E-state index contributed by atoms with van der Waals surface area (Å²) in [5, 5.41) is 12.7. The molecule has 7 nitrogen and oxygen atoms in total. The number of fused-ring (bicyclic) bond motifs is 1. The molecule has 2 unspecified atom stereocenters. The highest BCUT2D eigenvalue weighted by molar-refractivity contribution is 6.01. The monoisotopic (exact) mass is 625 g/mol. The highest BCUT2D eigenvalue weighted by Gasteiger charge is 2.47. The summed E-state index contributed by atoms with van der Waals surface area (Å²) in [7, 11) is 0. The summed E-state index contributed by atoms with van der Waals surface area (Å²) < 4.78 is 83.6. The van der Waals surface area contributed by atoms with Crippen LogP contribution < -0.4 is 5.32 Å². The fraction of sp³-hybridized carbons (Fsp3) is 0.516. The van der Waals surface area contributed by atoms with Gasteiger partial charge >= 0.3 is 12.4 Å². The molecule has 2 heterocycles. The second-order valence-electron chi connectivity index (χ2n) is 11.7. The molecule has 0 radical (unpaired) electrons. The number of benzene rings is 2. The van der Waals surface area contributed by atoms with Crippen molar-refractivity contribution in [2.24, 2.45) is 0 Å². The van der Waals surface area contributed by atoms with Crippen molar-refractivity contribution in [3.63, 3.8) is 0 Å². The van der Waals surface area contributed by atoms with Crippen molar-refractivity contribution < 1.29 is 45.8 Å². The predicted molar refractivity (Wildman–Crippen MR) is 146 cm³/mol. The Morgan fingerprint density at radius 3 is 2.07 bits per heavy atom. The molecule has 5 rings (SSSR count). The molecular weight excluding hydrogens is 592 g/mol. The van der Waals surface area contributed by atoms with E-state index >= 15 is 0 Å². The summed E-state index contributed by atoms with van der Waals surface area (Å²) in [6.07, 6.45) is -7.33. The summed E-state index contributed by atoms with van der Waals surface area (Å²) in [5.74, 6) is -3.04. The lowest BCUT2D eigenvalue weighted by molar-refractivity contribution is -0.143. The molecule has 2 aliphatic heterocycles. The van der Waals surface area contributed by atoms with Crippen LogP contribution in [0.25, 0.3) is 0 Å². The normalized spacial score (nSPS) is 21.8. The maximum atomic E-state index is 13.9. The minimum atomic E-state index is -5.15. The summed E-state index contributed by atoms with van der Waals surface area (Å²) in [6.45, 7) is 0.199. The standard InChI is InChI=1S/C31H33F6N3O4/c32-30(33,34)19-15-18(16-20(17-19)31(35,36)37)27-26(28(43)38-21-5-1-2-6-21)23-7-3-4-8-24(23)29(44)40(27)14-11-25(42)39-12-9-22(41)10-13-39/h3-4,7-8,15-17,21-22,26-27,41H,1-2,5-6,9-14H2,(H,38,43). The zero-order valence-electron chi connectivity index (χ0n) is 23.8. The molecule has 13 heteroatoms. The lowest BCUT2D eigenvalue weighted by Gasteiger charge is -2.42. The Hall–Kier alpha value is -3.61. The van der Waals surface area contributed by atoms with Gasteiger partial charge in [0.1, 0.15) is 0 Å². The van der Waals surface area contributed by atoms with Crippen LogP contribution in [-0.4, -0.2) is 64.4 Å². The number of hydrogen-bond acceptors (Lipinski definition) is 4. The molecular formula is C31H33F6N3O4. The van der Waals surface area contributed by atoms with Crippen LogP contribution >= 0.6 is 0 Å². The topological polar surface area (TPSA) is 90.0 Å². The van der Waals surface area contributed by atoms with Crippen molar-refractivity contribution in [3.05, 3.63) is 70.3 Å². The number of likely N-dealkylation sites (tertiary alicyclic amines) is 1. The summed E-state index contributed by atoms with van der Waals surface area (Å²) >= 11 is 0. The molecule has 3 amide bonds. The van der Waals surface area contributed by atoms with E-state index in [1.165, 1.54) is 17.0 Å². The average molecular weight is 626 g/mol. The van der Waals surface area contributed by atoms with Gasteiger partial charge in [-0.05, 0) is 61.1 Å². The fourth-order valence-corrected chi connectivity index (χ4v) is 6.49. The van der Waals surface area contributed by atoms with Crippen LogP contribution in [0, 0.1) is 0 Å². The molecule has 0 aromatic heterocycles. The number of hydrogen-bond donors (Lipinski definition) is 2. The molecule has 2 atom stereocenters. The number of aliphatic hydroxyl groups excluding tert-OH is 1. The van der Waals surface area contributed by atoms with Crippen molar-refractivity contribution in [3.8, 4) is 0 Å². The zero-order chi connectivity index (χ0) is 31.8. The van der Waals surface area contributed by atoms with Gasteiger partial charge in [0.15, 0.2) is 0 Å². The van der Waals surface area contributed by atoms with Gasteiger partial charge in [-0.15, -0.1) is 0 Å².